The molecule has 0 radical (unpaired) electrons. The molecule has 8 heteroatoms. The summed E-state index contributed by atoms with van der Waals surface area (Å²) < 4.78 is 0. The minimum Gasteiger partial charge on any atom is -0.480 e. The van der Waals surface area contributed by atoms with E-state index in [0.29, 0.717) is 13.0 Å². The molecule has 0 amide bonds. The highest BCUT2D eigenvalue weighted by atomic mass is 32.1. The molecule has 84 valence electrons. The monoisotopic (exact) mass is 225 g/mol. The minimum absolute atomic E-state index is 0.201. The average Bonchev–Trinajstić information content (AvgIpc) is 2.18. The molecule has 6 N–H and O–H groups in total. The van der Waals surface area contributed by atoms with Gasteiger partial charge in [-0.25, -0.2) is 11.8 Å². The molecule has 0 aliphatic heterocycles. The number of rotatable bonds is 8. The Morgan fingerprint density at radius 3 is 2.43 bits per heavy atom. The summed E-state index contributed by atoms with van der Waals surface area (Å²) in [6, 6.07) is -0.700. The Morgan fingerprint density at radius 2 is 2.07 bits per heavy atom. The third-order valence-corrected chi connectivity index (χ3v) is 1.92. The number of nitrogens with one attached hydrogen (secondary N) is 1. The molecule has 0 heterocycles. The lowest BCUT2D eigenvalue weighted by Gasteiger charge is -2.14. The largest absolute Gasteiger partial charge is 0.480 e. The summed E-state index contributed by atoms with van der Waals surface area (Å²) in [5.41, 5.74) is 0. The van der Waals surface area contributed by atoms with Crippen LogP contribution in [-0.2, 0) is 14.5 Å². The number of hydrogen-bond acceptors (Lipinski definition) is 7. The highest BCUT2D eigenvalue weighted by molar-refractivity contribution is 7.80. The van der Waals surface area contributed by atoms with Crippen molar-refractivity contribution in [3.63, 3.8) is 0 Å². The fourth-order valence-electron chi connectivity index (χ4n) is 0.774. The number of hydrogen-bond donors (Lipinski definition) is 5. The fourth-order valence-corrected chi connectivity index (χ4v) is 1.06. The molecule has 0 aromatic carbocycles. The topological polar surface area (TPSA) is 120 Å². The van der Waals surface area contributed by atoms with Crippen molar-refractivity contribution in [2.24, 2.45) is 11.8 Å². The molecule has 0 saturated carbocycles. The van der Waals surface area contributed by atoms with E-state index in [-0.39, 0.29) is 5.75 Å². The van der Waals surface area contributed by atoms with Crippen molar-refractivity contribution < 1.29 is 19.6 Å². The normalized spacial score (nSPS) is 13.1. The molecule has 0 aromatic heterocycles. The molecule has 14 heavy (non-hydrogen) atoms. The van der Waals surface area contributed by atoms with E-state index in [9.17, 15) is 4.79 Å². The van der Waals surface area contributed by atoms with Gasteiger partial charge < -0.3 is 10.4 Å². The summed E-state index contributed by atoms with van der Waals surface area (Å²) in [7, 11) is 0. The van der Waals surface area contributed by atoms with E-state index in [2.05, 4.69) is 27.6 Å². The van der Waals surface area contributed by atoms with E-state index >= 15 is 0 Å². The standard InChI is InChI=1S/C6H15N3O4S/c7-12-5(13-8)1-2-9-4(3-14)6(10)11/h4-5,9,14H,1-3,7-8H2,(H,10,11)/t4-/m1/s1. The van der Waals surface area contributed by atoms with Crippen molar-refractivity contribution in [1.82, 2.24) is 5.32 Å². The van der Waals surface area contributed by atoms with Gasteiger partial charge in [-0.3, -0.25) is 14.5 Å². The summed E-state index contributed by atoms with van der Waals surface area (Å²) >= 11 is 3.87. The highest BCUT2D eigenvalue weighted by Gasteiger charge is 2.15. The van der Waals surface area contributed by atoms with Crippen molar-refractivity contribution in [2.45, 2.75) is 18.8 Å². The zero-order chi connectivity index (χ0) is 11.0. The molecule has 0 saturated heterocycles. The molecule has 0 spiro atoms. The zero-order valence-electron chi connectivity index (χ0n) is 7.55. The second-order valence-corrected chi connectivity index (χ2v) is 2.88. The Labute approximate surface area is 87.0 Å². The van der Waals surface area contributed by atoms with Gasteiger partial charge in [-0.1, -0.05) is 0 Å². The first-order valence-electron chi connectivity index (χ1n) is 3.93. The van der Waals surface area contributed by atoms with Gasteiger partial charge in [0.2, 0.25) is 0 Å². The van der Waals surface area contributed by atoms with Gasteiger partial charge in [-0.15, -0.1) is 0 Å². The zero-order valence-corrected chi connectivity index (χ0v) is 8.44. The number of aliphatic carboxylic acids is 1. The van der Waals surface area contributed by atoms with Crippen molar-refractivity contribution in [2.75, 3.05) is 12.3 Å². The number of carboxylic acid groups (broad SMARTS) is 1. The van der Waals surface area contributed by atoms with Gasteiger partial charge in [0.15, 0.2) is 6.29 Å². The summed E-state index contributed by atoms with van der Waals surface area (Å²) in [6.45, 7) is 0.358. The molecule has 0 aromatic rings. The van der Waals surface area contributed by atoms with Crippen LogP contribution in [0.4, 0.5) is 0 Å². The second-order valence-electron chi connectivity index (χ2n) is 2.52. The van der Waals surface area contributed by atoms with E-state index in [1.807, 2.05) is 0 Å². The lowest BCUT2D eigenvalue weighted by Crippen LogP contribution is -2.40. The second kappa shape index (κ2) is 7.97. The van der Waals surface area contributed by atoms with Gasteiger partial charge in [0.25, 0.3) is 0 Å². The van der Waals surface area contributed by atoms with Gasteiger partial charge >= 0.3 is 5.97 Å². The molecule has 0 bridgehead atoms. The number of thiol groups is 1. The van der Waals surface area contributed by atoms with E-state index in [1.54, 1.807) is 0 Å². The van der Waals surface area contributed by atoms with E-state index in [1.165, 1.54) is 0 Å². The molecular weight excluding hydrogens is 210 g/mol. The predicted octanol–water partition coefficient (Wildman–Crippen LogP) is -1.54. The first kappa shape index (κ1) is 13.6. The Kier molecular flexibility index (Phi) is 7.76. The van der Waals surface area contributed by atoms with Gasteiger partial charge in [0, 0.05) is 18.7 Å². The van der Waals surface area contributed by atoms with Crippen LogP contribution in [0.3, 0.4) is 0 Å². The summed E-state index contributed by atoms with van der Waals surface area (Å²) in [5, 5.41) is 11.4. The number of nitrogens with two attached hydrogens (primary N) is 2. The first-order valence-corrected chi connectivity index (χ1v) is 4.57. The van der Waals surface area contributed by atoms with E-state index in [4.69, 9.17) is 16.9 Å². The molecule has 0 rings (SSSR count). The van der Waals surface area contributed by atoms with Crippen LogP contribution in [0.2, 0.25) is 0 Å². The van der Waals surface area contributed by atoms with E-state index in [0.717, 1.165) is 0 Å². The number of carboxylic acids is 1. The lowest BCUT2D eigenvalue weighted by atomic mass is 10.3. The Morgan fingerprint density at radius 1 is 1.50 bits per heavy atom. The third-order valence-electron chi connectivity index (χ3n) is 1.56. The van der Waals surface area contributed by atoms with Gasteiger partial charge in [-0.05, 0) is 0 Å². The SMILES string of the molecule is NOC(CCN[C@H](CS)C(=O)O)ON. The lowest BCUT2D eigenvalue weighted by molar-refractivity contribution is -0.151. The Balaban J connectivity index is 3.65. The van der Waals surface area contributed by atoms with Crippen LogP contribution in [0.25, 0.3) is 0 Å². The van der Waals surface area contributed by atoms with Crippen LogP contribution < -0.4 is 17.1 Å². The Hall–Kier alpha value is -0.380. The molecule has 0 fully saturated rings. The molecular formula is C6H15N3O4S. The van der Waals surface area contributed by atoms with E-state index < -0.39 is 18.3 Å². The summed E-state index contributed by atoms with van der Waals surface area (Å²) in [5.74, 6) is 8.90. The maximum absolute atomic E-state index is 10.5. The quantitative estimate of drug-likeness (QED) is 0.193. The molecule has 0 aliphatic rings. The van der Waals surface area contributed by atoms with Gasteiger partial charge in [0.05, 0.1) is 0 Å². The fraction of sp³-hybridized carbons (Fsp3) is 0.833. The smallest absolute Gasteiger partial charge is 0.321 e. The first-order chi connectivity index (χ1) is 6.65. The highest BCUT2D eigenvalue weighted by Crippen LogP contribution is 1.94. The van der Waals surface area contributed by atoms with Gasteiger partial charge in [0.1, 0.15) is 6.04 Å². The third kappa shape index (κ3) is 5.37. The number of carbonyl (C=O) groups is 1. The Bertz CT molecular complexity index is 167. The van der Waals surface area contributed by atoms with Crippen LogP contribution in [-0.4, -0.2) is 35.7 Å². The molecule has 7 nitrogen and oxygen atoms in total. The van der Waals surface area contributed by atoms with Gasteiger partial charge in [-0.2, -0.15) is 12.6 Å². The molecule has 1 atom stereocenters. The molecule has 0 unspecified atom stereocenters. The van der Waals surface area contributed by atoms with Crippen molar-refractivity contribution in [1.29, 1.82) is 0 Å². The summed E-state index contributed by atoms with van der Waals surface area (Å²) in [6.07, 6.45) is -0.387. The van der Waals surface area contributed by atoms with Crippen molar-refractivity contribution >= 4 is 18.6 Å². The van der Waals surface area contributed by atoms with Crippen LogP contribution in [0.1, 0.15) is 6.42 Å². The van der Waals surface area contributed by atoms with Crippen molar-refractivity contribution in [3.8, 4) is 0 Å². The summed E-state index contributed by atoms with van der Waals surface area (Å²) in [4.78, 5) is 19.2. The van der Waals surface area contributed by atoms with Crippen LogP contribution in [0.5, 0.6) is 0 Å². The van der Waals surface area contributed by atoms with Crippen LogP contribution in [0.15, 0.2) is 0 Å². The average molecular weight is 225 g/mol. The maximum Gasteiger partial charge on any atom is 0.321 e. The van der Waals surface area contributed by atoms with Crippen LogP contribution >= 0.6 is 12.6 Å². The minimum atomic E-state index is -0.959. The van der Waals surface area contributed by atoms with Crippen molar-refractivity contribution in [3.05, 3.63) is 0 Å². The predicted molar refractivity (Wildman–Crippen MR) is 52.2 cm³/mol. The molecule has 0 aliphatic carbocycles. The maximum atomic E-state index is 10.5. The van der Waals surface area contributed by atoms with Crippen LogP contribution in [0, 0.1) is 0 Å².